The molecule has 1 aliphatic heterocycles. The number of morpholine rings is 1. The highest BCUT2D eigenvalue weighted by Gasteiger charge is 2.23. The van der Waals surface area contributed by atoms with Crippen LogP contribution in [0.3, 0.4) is 0 Å². The lowest BCUT2D eigenvalue weighted by atomic mass is 10.3. The SMILES string of the molecule is COc1nc(NCCCN2CCOCC2)nc(OC)c1NC(=O)Cc1ccc(Oc2nc([Si](C)(C)C)ncc2C)o1. The van der Waals surface area contributed by atoms with Gasteiger partial charge in [0, 0.05) is 37.5 Å². The third-order valence-corrected chi connectivity index (χ3v) is 7.88. The van der Waals surface area contributed by atoms with E-state index in [2.05, 4.69) is 55.1 Å². The Morgan fingerprint density at radius 3 is 2.41 bits per heavy atom. The number of hydrogen-bond acceptors (Lipinski definition) is 12. The van der Waals surface area contributed by atoms with E-state index in [1.165, 1.54) is 14.2 Å². The number of anilines is 2. The number of carbonyl (C=O) groups excluding carboxylic acids is 1. The lowest BCUT2D eigenvalue weighted by Gasteiger charge is -2.26. The fourth-order valence-electron chi connectivity index (χ4n) is 4.07. The van der Waals surface area contributed by atoms with Gasteiger partial charge in [0.15, 0.2) is 5.69 Å². The molecular formula is C27H39N7O6Si. The maximum Gasteiger partial charge on any atom is 0.291 e. The van der Waals surface area contributed by atoms with Gasteiger partial charge >= 0.3 is 0 Å². The number of rotatable bonds is 13. The third-order valence-electron chi connectivity index (χ3n) is 6.30. The molecule has 1 aliphatic rings. The second-order valence-electron chi connectivity index (χ2n) is 10.7. The summed E-state index contributed by atoms with van der Waals surface area (Å²) in [6, 6.07) is 3.34. The number of furan rings is 1. The number of carbonyl (C=O) groups is 1. The Balaban J connectivity index is 1.35. The third kappa shape index (κ3) is 8.37. The van der Waals surface area contributed by atoms with Crippen LogP contribution < -0.4 is 30.3 Å². The minimum absolute atomic E-state index is 0.0554. The molecule has 0 aliphatic carbocycles. The Bertz CT molecular complexity index is 1300. The summed E-state index contributed by atoms with van der Waals surface area (Å²) >= 11 is 0. The smallest absolute Gasteiger partial charge is 0.291 e. The molecule has 222 valence electrons. The highest BCUT2D eigenvalue weighted by molar-refractivity contribution is 6.87. The van der Waals surface area contributed by atoms with Crippen LogP contribution in [0, 0.1) is 6.92 Å². The summed E-state index contributed by atoms with van der Waals surface area (Å²) < 4.78 is 27.9. The summed E-state index contributed by atoms with van der Waals surface area (Å²) in [5, 5.41) is 5.99. The molecule has 4 heterocycles. The minimum Gasteiger partial charge on any atom is -0.479 e. The van der Waals surface area contributed by atoms with Crippen molar-refractivity contribution in [2.45, 2.75) is 39.4 Å². The number of amides is 1. The number of nitrogens with zero attached hydrogens (tertiary/aromatic N) is 5. The number of nitrogens with one attached hydrogen (secondary N) is 2. The van der Waals surface area contributed by atoms with Gasteiger partial charge in [-0.2, -0.15) is 9.97 Å². The Kier molecular flexibility index (Phi) is 10.1. The predicted octanol–water partition coefficient (Wildman–Crippen LogP) is 2.84. The molecule has 2 N–H and O–H groups in total. The van der Waals surface area contributed by atoms with E-state index < -0.39 is 8.07 Å². The topological polar surface area (TPSA) is 146 Å². The maximum absolute atomic E-state index is 12.9. The maximum atomic E-state index is 12.9. The lowest BCUT2D eigenvalue weighted by Crippen LogP contribution is -2.42. The molecule has 0 saturated carbocycles. The van der Waals surface area contributed by atoms with Crippen molar-refractivity contribution >= 4 is 31.1 Å². The first-order valence-electron chi connectivity index (χ1n) is 13.6. The first-order chi connectivity index (χ1) is 19.7. The molecule has 0 spiro atoms. The van der Waals surface area contributed by atoms with Crippen LogP contribution in [-0.2, 0) is 16.0 Å². The number of hydrogen-bond donors (Lipinski definition) is 2. The normalized spacial score (nSPS) is 14.0. The van der Waals surface area contributed by atoms with Gasteiger partial charge in [-0.05, 0) is 26.0 Å². The van der Waals surface area contributed by atoms with Crippen LogP contribution in [0.15, 0.2) is 22.7 Å². The Morgan fingerprint density at radius 2 is 1.76 bits per heavy atom. The van der Waals surface area contributed by atoms with E-state index in [9.17, 15) is 4.79 Å². The van der Waals surface area contributed by atoms with Gasteiger partial charge in [-0.15, -0.1) is 0 Å². The van der Waals surface area contributed by atoms with Crippen molar-refractivity contribution < 1.29 is 28.2 Å². The van der Waals surface area contributed by atoms with E-state index in [1.54, 1.807) is 18.3 Å². The van der Waals surface area contributed by atoms with E-state index in [-0.39, 0.29) is 35.7 Å². The van der Waals surface area contributed by atoms with Gasteiger partial charge in [-0.3, -0.25) is 9.69 Å². The second kappa shape index (κ2) is 13.7. The molecular weight excluding hydrogens is 546 g/mol. The van der Waals surface area contributed by atoms with E-state index in [4.69, 9.17) is 23.4 Å². The molecule has 0 atom stereocenters. The van der Waals surface area contributed by atoms with Crippen molar-refractivity contribution in [2.24, 2.45) is 0 Å². The summed E-state index contributed by atoms with van der Waals surface area (Å²) in [7, 11) is 1.22. The van der Waals surface area contributed by atoms with Crippen LogP contribution >= 0.6 is 0 Å². The van der Waals surface area contributed by atoms with Crippen molar-refractivity contribution in [1.82, 2.24) is 24.8 Å². The molecule has 14 heteroatoms. The zero-order chi connectivity index (χ0) is 29.4. The van der Waals surface area contributed by atoms with Gasteiger partial charge < -0.3 is 34.0 Å². The summed E-state index contributed by atoms with van der Waals surface area (Å²) in [5.74, 6) is 1.43. The van der Waals surface area contributed by atoms with Gasteiger partial charge in [0.25, 0.3) is 5.95 Å². The molecule has 0 aromatic carbocycles. The van der Waals surface area contributed by atoms with Crippen LogP contribution in [-0.4, -0.2) is 92.4 Å². The van der Waals surface area contributed by atoms with E-state index in [0.29, 0.717) is 24.1 Å². The molecule has 1 fully saturated rings. The molecule has 3 aromatic rings. The van der Waals surface area contributed by atoms with Crippen LogP contribution in [0.4, 0.5) is 11.6 Å². The van der Waals surface area contributed by atoms with Gasteiger partial charge in [0.2, 0.25) is 29.5 Å². The summed E-state index contributed by atoms with van der Waals surface area (Å²) in [5.41, 5.74) is 1.82. The lowest BCUT2D eigenvalue weighted by molar-refractivity contribution is -0.115. The van der Waals surface area contributed by atoms with Crippen LogP contribution in [0.2, 0.25) is 19.6 Å². The van der Waals surface area contributed by atoms with Gasteiger partial charge in [0.1, 0.15) is 19.3 Å². The Hall–Kier alpha value is -3.75. The molecule has 13 nitrogen and oxygen atoms in total. The van der Waals surface area contributed by atoms with Crippen molar-refractivity contribution in [3.05, 3.63) is 29.7 Å². The van der Waals surface area contributed by atoms with E-state index >= 15 is 0 Å². The molecule has 0 radical (unpaired) electrons. The zero-order valence-electron chi connectivity index (χ0n) is 24.6. The molecule has 0 bridgehead atoms. The highest BCUT2D eigenvalue weighted by atomic mass is 28.3. The van der Waals surface area contributed by atoms with Crippen molar-refractivity contribution in [2.75, 3.05) is 64.2 Å². The predicted molar refractivity (Wildman–Crippen MR) is 156 cm³/mol. The number of methoxy groups -OCH3 is 2. The summed E-state index contributed by atoms with van der Waals surface area (Å²) in [6.45, 7) is 13.4. The van der Waals surface area contributed by atoms with Gasteiger partial charge in [-0.1, -0.05) is 19.6 Å². The summed E-state index contributed by atoms with van der Waals surface area (Å²) in [6.07, 6.45) is 2.61. The van der Waals surface area contributed by atoms with Crippen molar-refractivity contribution in [1.29, 1.82) is 0 Å². The van der Waals surface area contributed by atoms with E-state index in [1.807, 2.05) is 6.92 Å². The van der Waals surface area contributed by atoms with Crippen LogP contribution in [0.5, 0.6) is 23.6 Å². The number of aromatic nitrogens is 4. The van der Waals surface area contributed by atoms with Crippen LogP contribution in [0.1, 0.15) is 17.7 Å². The molecule has 1 amide bonds. The fourth-order valence-corrected chi connectivity index (χ4v) is 4.95. The first kappa shape index (κ1) is 30.2. The van der Waals surface area contributed by atoms with Crippen LogP contribution in [0.25, 0.3) is 0 Å². The Labute approximate surface area is 241 Å². The average molecular weight is 586 g/mol. The second-order valence-corrected chi connectivity index (χ2v) is 15.6. The molecule has 1 saturated heterocycles. The van der Waals surface area contributed by atoms with Gasteiger partial charge in [-0.25, -0.2) is 9.97 Å². The van der Waals surface area contributed by atoms with Crippen molar-refractivity contribution in [3.63, 3.8) is 0 Å². The Morgan fingerprint density at radius 1 is 1.05 bits per heavy atom. The molecule has 4 rings (SSSR count). The number of ether oxygens (including phenoxy) is 4. The molecule has 3 aromatic heterocycles. The molecule has 41 heavy (non-hydrogen) atoms. The van der Waals surface area contributed by atoms with Crippen molar-refractivity contribution in [3.8, 4) is 23.6 Å². The number of aryl methyl sites for hydroxylation is 1. The molecule has 0 unspecified atom stereocenters. The van der Waals surface area contributed by atoms with E-state index in [0.717, 1.165) is 50.3 Å². The monoisotopic (exact) mass is 585 g/mol. The summed E-state index contributed by atoms with van der Waals surface area (Å²) in [4.78, 5) is 33.1. The largest absolute Gasteiger partial charge is 0.479 e. The fraction of sp³-hybridized carbons (Fsp3) is 0.519. The quantitative estimate of drug-likeness (QED) is 0.225. The van der Waals surface area contributed by atoms with Gasteiger partial charge in [0.05, 0.1) is 33.9 Å². The standard InChI is InChI=1S/C27H39N7O6Si/c1-18-17-29-27(41(4,5)6)33-23(18)40-21-9-8-19(39-21)16-20(35)30-22-24(36-2)31-26(32-25(22)37-3)28-10-7-11-34-12-14-38-15-13-34/h8-9,17H,7,10-16H2,1-6H3,(H,30,35)(H,28,31,32). The average Bonchev–Trinajstić information content (AvgIpc) is 3.39. The highest BCUT2D eigenvalue weighted by Crippen LogP contribution is 2.33. The minimum atomic E-state index is -1.72. The zero-order valence-corrected chi connectivity index (χ0v) is 25.6. The first-order valence-corrected chi connectivity index (χ1v) is 17.1.